The van der Waals surface area contributed by atoms with Crippen LogP contribution in [0.25, 0.3) is 0 Å². The predicted octanol–water partition coefficient (Wildman–Crippen LogP) is 2.25. The van der Waals surface area contributed by atoms with Crippen molar-refractivity contribution in [2.75, 3.05) is 5.32 Å². The van der Waals surface area contributed by atoms with E-state index in [0.717, 1.165) is 4.57 Å². The number of halogens is 2. The van der Waals surface area contributed by atoms with Gasteiger partial charge in [-0.05, 0) is 18.9 Å². The summed E-state index contributed by atoms with van der Waals surface area (Å²) in [6, 6.07) is 6.12. The van der Waals surface area contributed by atoms with E-state index in [-0.39, 0.29) is 28.5 Å². The number of nitrogens with one attached hydrogen (secondary N) is 1. The largest absolute Gasteiger partial charge is 0.435 e. The molecule has 0 spiro atoms. The number of hydrogen-bond donors (Lipinski definition) is 1. The van der Waals surface area contributed by atoms with Gasteiger partial charge in [-0.1, -0.05) is 18.2 Å². The number of hydrogen-bond acceptors (Lipinski definition) is 5. The van der Waals surface area contributed by atoms with Crippen molar-refractivity contribution in [2.24, 2.45) is 14.1 Å². The van der Waals surface area contributed by atoms with Crippen LogP contribution in [0.15, 0.2) is 45.1 Å². The van der Waals surface area contributed by atoms with Crippen LogP contribution < -0.4 is 21.3 Å². The van der Waals surface area contributed by atoms with Gasteiger partial charge in [0.2, 0.25) is 0 Å². The molecule has 0 unspecified atom stereocenters. The van der Waals surface area contributed by atoms with Gasteiger partial charge < -0.3 is 10.1 Å². The van der Waals surface area contributed by atoms with Crippen LogP contribution in [0, 0.1) is 0 Å². The Labute approximate surface area is 164 Å². The third kappa shape index (κ3) is 2.97. The summed E-state index contributed by atoms with van der Waals surface area (Å²) in [7, 11) is 2.86. The smallest absolute Gasteiger partial charge is 0.387 e. The van der Waals surface area contributed by atoms with Crippen LogP contribution in [0.2, 0.25) is 0 Å². The number of benzene rings is 1. The highest BCUT2D eigenvalue weighted by Gasteiger charge is 2.40. The Morgan fingerprint density at radius 2 is 1.83 bits per heavy atom. The van der Waals surface area contributed by atoms with E-state index in [0.29, 0.717) is 30.5 Å². The van der Waals surface area contributed by atoms with Gasteiger partial charge in [-0.3, -0.25) is 18.7 Å². The molecule has 0 bridgehead atoms. The van der Waals surface area contributed by atoms with Crippen LogP contribution >= 0.6 is 0 Å². The number of nitrogens with zero attached hydrogens (tertiary/aromatic N) is 2. The summed E-state index contributed by atoms with van der Waals surface area (Å²) >= 11 is 0. The summed E-state index contributed by atoms with van der Waals surface area (Å²) in [6.45, 7) is -3.06. The number of aromatic nitrogens is 2. The molecular weight excluding hydrogens is 384 g/mol. The first-order valence-corrected chi connectivity index (χ1v) is 9.18. The molecule has 0 radical (unpaired) electrons. The SMILES string of the molecule is Cn1c2c(c(=O)n(C)c1=O)[C@@H](c1ccccc1OC(F)F)C1=C(CCCC1=O)N2. The molecule has 1 aliphatic heterocycles. The second-order valence-electron chi connectivity index (χ2n) is 7.11. The van der Waals surface area contributed by atoms with Crippen molar-refractivity contribution in [3.05, 3.63) is 67.5 Å². The molecule has 1 atom stereocenters. The molecule has 9 heteroatoms. The summed E-state index contributed by atoms with van der Waals surface area (Å²) in [5.74, 6) is -0.906. The van der Waals surface area contributed by atoms with E-state index in [4.69, 9.17) is 0 Å². The van der Waals surface area contributed by atoms with Gasteiger partial charge in [0.05, 0.1) is 11.5 Å². The highest BCUT2D eigenvalue weighted by Crippen LogP contribution is 2.45. The summed E-state index contributed by atoms with van der Waals surface area (Å²) in [5, 5.41) is 3.09. The Morgan fingerprint density at radius 1 is 1.10 bits per heavy atom. The Balaban J connectivity index is 2.07. The summed E-state index contributed by atoms with van der Waals surface area (Å²) in [4.78, 5) is 38.3. The second kappa shape index (κ2) is 6.98. The number of ether oxygens (including phenoxy) is 1. The minimum Gasteiger partial charge on any atom is -0.435 e. The zero-order valence-corrected chi connectivity index (χ0v) is 15.9. The van der Waals surface area contributed by atoms with Gasteiger partial charge in [0.1, 0.15) is 11.6 Å². The number of alkyl halides is 2. The topological polar surface area (TPSA) is 82.3 Å². The van der Waals surface area contributed by atoms with Gasteiger partial charge in [0, 0.05) is 37.3 Å². The van der Waals surface area contributed by atoms with Crippen molar-refractivity contribution in [3.8, 4) is 5.75 Å². The average molecular weight is 403 g/mol. The highest BCUT2D eigenvalue weighted by molar-refractivity contribution is 6.01. The zero-order chi connectivity index (χ0) is 20.9. The number of ketones is 1. The van der Waals surface area contributed by atoms with E-state index in [2.05, 4.69) is 10.1 Å². The van der Waals surface area contributed by atoms with Crippen LogP contribution in [0.4, 0.5) is 14.6 Å². The van der Waals surface area contributed by atoms with Crippen molar-refractivity contribution in [2.45, 2.75) is 31.8 Å². The number of carbonyl (C=O) groups excluding carboxylic acids is 1. The quantitative estimate of drug-likeness (QED) is 0.850. The van der Waals surface area contributed by atoms with Gasteiger partial charge in [0.25, 0.3) is 5.56 Å². The van der Waals surface area contributed by atoms with E-state index in [1.165, 1.54) is 24.7 Å². The normalized spacial score (nSPS) is 18.4. The lowest BCUT2D eigenvalue weighted by molar-refractivity contribution is -0.116. The maximum Gasteiger partial charge on any atom is 0.387 e. The third-order valence-electron chi connectivity index (χ3n) is 5.45. The molecule has 2 aliphatic rings. The second-order valence-corrected chi connectivity index (χ2v) is 7.11. The van der Waals surface area contributed by atoms with Gasteiger partial charge in [-0.2, -0.15) is 8.78 Å². The van der Waals surface area contributed by atoms with Crippen LogP contribution in [0.5, 0.6) is 5.75 Å². The van der Waals surface area contributed by atoms with Gasteiger partial charge in [-0.15, -0.1) is 0 Å². The summed E-state index contributed by atoms with van der Waals surface area (Å²) in [6.07, 6.45) is 1.48. The number of fused-ring (bicyclic) bond motifs is 1. The first kappa shape index (κ1) is 19.1. The molecule has 2 aromatic rings. The summed E-state index contributed by atoms with van der Waals surface area (Å²) in [5.41, 5.74) is 0.308. The van der Waals surface area contributed by atoms with Gasteiger partial charge in [-0.25, -0.2) is 4.79 Å². The Kier molecular flexibility index (Phi) is 4.60. The molecular formula is C20H19F2N3O4. The standard InChI is InChI=1S/C20H19F2N3O4/c1-24-17-16(18(27)25(2)20(24)28)14(15-11(23-17)7-5-8-12(15)26)10-6-3-4-9-13(10)29-19(21)22/h3-4,6,9,14,19,23H,5,7-8H2,1-2H3/t14-/m0/s1. The molecule has 7 nitrogen and oxygen atoms in total. The molecule has 4 rings (SSSR count). The molecule has 0 saturated heterocycles. The number of Topliss-reactive ketones (excluding diaryl/α,β-unsaturated/α-hetero) is 1. The lowest BCUT2D eigenvalue weighted by Gasteiger charge is -2.34. The average Bonchev–Trinajstić information content (AvgIpc) is 2.69. The molecule has 1 aromatic carbocycles. The Morgan fingerprint density at radius 3 is 2.55 bits per heavy atom. The van der Waals surface area contributed by atoms with E-state index >= 15 is 0 Å². The molecule has 2 heterocycles. The first-order valence-electron chi connectivity index (χ1n) is 9.18. The Hall–Kier alpha value is -3.23. The van der Waals surface area contributed by atoms with Crippen molar-refractivity contribution in [1.29, 1.82) is 0 Å². The molecule has 0 fully saturated rings. The first-order chi connectivity index (χ1) is 13.8. The predicted molar refractivity (Wildman–Crippen MR) is 101 cm³/mol. The number of carbonyl (C=O) groups is 1. The minimum atomic E-state index is -3.06. The highest BCUT2D eigenvalue weighted by atomic mass is 19.3. The van der Waals surface area contributed by atoms with Crippen molar-refractivity contribution in [1.82, 2.24) is 9.13 Å². The fourth-order valence-corrected chi connectivity index (χ4v) is 4.13. The third-order valence-corrected chi connectivity index (χ3v) is 5.45. The molecule has 29 heavy (non-hydrogen) atoms. The molecule has 1 aromatic heterocycles. The van der Waals surface area contributed by atoms with E-state index in [1.54, 1.807) is 18.2 Å². The van der Waals surface area contributed by atoms with Crippen LogP contribution in [0.3, 0.4) is 0 Å². The minimum absolute atomic E-state index is 0.110. The lowest BCUT2D eigenvalue weighted by Crippen LogP contribution is -2.44. The summed E-state index contributed by atoms with van der Waals surface area (Å²) < 4.78 is 32.9. The van der Waals surface area contributed by atoms with Crippen molar-refractivity contribution < 1.29 is 18.3 Å². The fourth-order valence-electron chi connectivity index (χ4n) is 4.13. The van der Waals surface area contributed by atoms with Crippen LogP contribution in [0.1, 0.15) is 36.3 Å². The van der Waals surface area contributed by atoms with E-state index in [9.17, 15) is 23.2 Å². The van der Waals surface area contributed by atoms with Gasteiger partial charge in [0.15, 0.2) is 5.78 Å². The number of rotatable bonds is 3. The zero-order valence-electron chi connectivity index (χ0n) is 15.9. The number of anilines is 1. The van der Waals surface area contributed by atoms with E-state index < -0.39 is 23.8 Å². The lowest BCUT2D eigenvalue weighted by atomic mass is 9.76. The van der Waals surface area contributed by atoms with Crippen LogP contribution in [-0.2, 0) is 18.9 Å². The van der Waals surface area contributed by atoms with Crippen molar-refractivity contribution >= 4 is 11.6 Å². The van der Waals surface area contributed by atoms with E-state index in [1.807, 2.05) is 0 Å². The monoisotopic (exact) mass is 403 g/mol. The number of para-hydroxylation sites is 1. The van der Waals surface area contributed by atoms with Crippen molar-refractivity contribution in [3.63, 3.8) is 0 Å². The van der Waals surface area contributed by atoms with Crippen LogP contribution in [-0.4, -0.2) is 21.5 Å². The molecule has 1 N–H and O–H groups in total. The maximum absolute atomic E-state index is 13.1. The fraction of sp³-hybridized carbons (Fsp3) is 0.350. The van der Waals surface area contributed by atoms with Gasteiger partial charge >= 0.3 is 12.3 Å². The Bertz CT molecular complexity index is 1160. The molecule has 0 amide bonds. The maximum atomic E-state index is 13.1. The molecule has 152 valence electrons. The molecule has 0 saturated carbocycles. The molecule has 1 aliphatic carbocycles. The number of allylic oxidation sites excluding steroid dienone is 2.